The zero-order valence-electron chi connectivity index (χ0n) is 8.45. The van der Waals surface area contributed by atoms with Gasteiger partial charge in [-0.3, -0.25) is 0 Å². The summed E-state index contributed by atoms with van der Waals surface area (Å²) in [6, 6.07) is 0. The summed E-state index contributed by atoms with van der Waals surface area (Å²) in [5, 5.41) is 0. The third-order valence-corrected chi connectivity index (χ3v) is 3.45. The maximum absolute atomic E-state index is 3.62. The van der Waals surface area contributed by atoms with Crippen molar-refractivity contribution in [2.24, 2.45) is 0 Å². The van der Waals surface area contributed by atoms with Crippen LogP contribution in [0.4, 0.5) is 0 Å². The summed E-state index contributed by atoms with van der Waals surface area (Å²) in [6.07, 6.45) is 17.5. The quantitative estimate of drug-likeness (QED) is 0.308. The molecule has 1 rings (SSSR count). The lowest BCUT2D eigenvalue weighted by Gasteiger charge is -2.15. The van der Waals surface area contributed by atoms with Gasteiger partial charge in [-0.15, -0.1) is 0 Å². The second-order valence-electron chi connectivity index (χ2n) is 3.49. The standard InChI is InChI=1S/C13H17I/c1-2-3-4-5-6-7-12-8-10-13(14)11-9-12/h2-6,8,13H,1,7,9-11H2/b4-3-,6-5-. The largest absolute Gasteiger partial charge is 0.0991 e. The van der Waals surface area contributed by atoms with E-state index in [4.69, 9.17) is 0 Å². The Bertz CT molecular complexity index is 258. The van der Waals surface area contributed by atoms with Crippen LogP contribution in [0.1, 0.15) is 25.7 Å². The van der Waals surface area contributed by atoms with Gasteiger partial charge in [-0.05, 0) is 25.7 Å². The van der Waals surface area contributed by atoms with Gasteiger partial charge in [0.2, 0.25) is 0 Å². The van der Waals surface area contributed by atoms with Crippen molar-refractivity contribution in [2.75, 3.05) is 0 Å². The predicted molar refractivity (Wildman–Crippen MR) is 72.8 cm³/mol. The van der Waals surface area contributed by atoms with Gasteiger partial charge in [0.05, 0.1) is 0 Å². The monoisotopic (exact) mass is 300 g/mol. The molecule has 1 atom stereocenters. The maximum Gasteiger partial charge on any atom is 0.0147 e. The molecule has 1 unspecified atom stereocenters. The average molecular weight is 300 g/mol. The third-order valence-electron chi connectivity index (χ3n) is 2.32. The molecule has 0 radical (unpaired) electrons. The molecule has 0 heterocycles. The summed E-state index contributed by atoms with van der Waals surface area (Å²) in [4.78, 5) is 0. The summed E-state index contributed by atoms with van der Waals surface area (Å²) in [5.74, 6) is 0. The molecule has 0 nitrogen and oxygen atoms in total. The van der Waals surface area contributed by atoms with Gasteiger partial charge < -0.3 is 0 Å². The zero-order chi connectivity index (χ0) is 10.2. The number of allylic oxidation sites excluding steroid dienone is 7. The Balaban J connectivity index is 2.28. The van der Waals surface area contributed by atoms with Crippen LogP contribution in [0, 0.1) is 0 Å². The van der Waals surface area contributed by atoms with Crippen molar-refractivity contribution in [3.63, 3.8) is 0 Å². The fraction of sp³-hybridized carbons (Fsp3) is 0.385. The minimum atomic E-state index is 0.862. The first-order valence-electron chi connectivity index (χ1n) is 5.09. The molecule has 0 aromatic carbocycles. The number of hydrogen-bond acceptors (Lipinski definition) is 0. The fourth-order valence-electron chi connectivity index (χ4n) is 1.48. The number of alkyl halides is 1. The maximum atomic E-state index is 3.62. The molecule has 14 heavy (non-hydrogen) atoms. The Morgan fingerprint density at radius 3 is 2.93 bits per heavy atom. The van der Waals surface area contributed by atoms with E-state index >= 15 is 0 Å². The highest BCUT2D eigenvalue weighted by Crippen LogP contribution is 2.25. The molecule has 1 heteroatoms. The molecule has 0 spiro atoms. The summed E-state index contributed by atoms with van der Waals surface area (Å²) >= 11 is 2.54. The SMILES string of the molecule is C=C/C=C\C=C/CC1=CCC(I)CC1. The molecule has 0 aliphatic heterocycles. The van der Waals surface area contributed by atoms with E-state index in [1.165, 1.54) is 19.3 Å². The summed E-state index contributed by atoms with van der Waals surface area (Å²) in [7, 11) is 0. The second kappa shape index (κ2) is 7.04. The number of hydrogen-bond donors (Lipinski definition) is 0. The van der Waals surface area contributed by atoms with Crippen LogP contribution in [0.25, 0.3) is 0 Å². The normalized spacial score (nSPS) is 22.9. The van der Waals surface area contributed by atoms with E-state index in [9.17, 15) is 0 Å². The van der Waals surface area contributed by atoms with E-state index in [0.29, 0.717) is 0 Å². The minimum Gasteiger partial charge on any atom is -0.0991 e. The zero-order valence-corrected chi connectivity index (χ0v) is 10.6. The van der Waals surface area contributed by atoms with Gasteiger partial charge in [-0.25, -0.2) is 0 Å². The second-order valence-corrected chi connectivity index (χ2v) is 5.25. The molecule has 0 saturated heterocycles. The molecule has 0 N–H and O–H groups in total. The molecule has 0 amide bonds. The lowest BCUT2D eigenvalue weighted by molar-refractivity contribution is 0.726. The molecule has 76 valence electrons. The van der Waals surface area contributed by atoms with E-state index in [2.05, 4.69) is 47.4 Å². The van der Waals surface area contributed by atoms with Crippen LogP contribution < -0.4 is 0 Å². The third kappa shape index (κ3) is 4.80. The van der Waals surface area contributed by atoms with Gasteiger partial charge in [0.15, 0.2) is 0 Å². The lowest BCUT2D eigenvalue weighted by Crippen LogP contribution is -2.02. The van der Waals surface area contributed by atoms with Gasteiger partial charge in [-0.2, -0.15) is 0 Å². The Hall–Kier alpha value is -0.310. The van der Waals surface area contributed by atoms with Crippen molar-refractivity contribution in [3.05, 3.63) is 48.6 Å². The first kappa shape index (κ1) is 11.8. The van der Waals surface area contributed by atoms with Crippen molar-refractivity contribution in [2.45, 2.75) is 29.6 Å². The molecule has 0 saturated carbocycles. The van der Waals surface area contributed by atoms with Crippen LogP contribution in [0.2, 0.25) is 0 Å². The molecular formula is C13H17I. The minimum absolute atomic E-state index is 0.862. The topological polar surface area (TPSA) is 0 Å². The Morgan fingerprint density at radius 1 is 1.43 bits per heavy atom. The summed E-state index contributed by atoms with van der Waals surface area (Å²) in [6.45, 7) is 3.62. The molecule has 0 aromatic heterocycles. The first-order valence-corrected chi connectivity index (χ1v) is 6.33. The van der Waals surface area contributed by atoms with Crippen molar-refractivity contribution in [1.82, 2.24) is 0 Å². The van der Waals surface area contributed by atoms with Gasteiger partial charge in [0, 0.05) is 3.92 Å². The average Bonchev–Trinajstić information content (AvgIpc) is 2.21. The molecule has 0 bridgehead atoms. The highest BCUT2D eigenvalue weighted by molar-refractivity contribution is 14.1. The van der Waals surface area contributed by atoms with Crippen LogP contribution in [0.3, 0.4) is 0 Å². The Labute approximate surface area is 101 Å². The first-order chi connectivity index (χ1) is 6.83. The van der Waals surface area contributed by atoms with E-state index in [0.717, 1.165) is 10.3 Å². The number of rotatable bonds is 4. The van der Waals surface area contributed by atoms with E-state index in [1.54, 1.807) is 11.6 Å². The Kier molecular flexibility index (Phi) is 5.92. The van der Waals surface area contributed by atoms with E-state index < -0.39 is 0 Å². The van der Waals surface area contributed by atoms with Crippen molar-refractivity contribution >= 4 is 22.6 Å². The van der Waals surface area contributed by atoms with Crippen molar-refractivity contribution in [1.29, 1.82) is 0 Å². The Morgan fingerprint density at radius 2 is 2.29 bits per heavy atom. The van der Waals surface area contributed by atoms with E-state index in [-0.39, 0.29) is 0 Å². The highest BCUT2D eigenvalue weighted by Gasteiger charge is 2.09. The summed E-state index contributed by atoms with van der Waals surface area (Å²) in [5.41, 5.74) is 1.60. The lowest BCUT2D eigenvalue weighted by atomic mass is 9.97. The van der Waals surface area contributed by atoms with Crippen LogP contribution in [0.5, 0.6) is 0 Å². The number of halogens is 1. The van der Waals surface area contributed by atoms with Gasteiger partial charge in [0.25, 0.3) is 0 Å². The fourth-order valence-corrected chi connectivity index (χ4v) is 2.05. The van der Waals surface area contributed by atoms with Gasteiger partial charge in [0.1, 0.15) is 0 Å². The van der Waals surface area contributed by atoms with Crippen molar-refractivity contribution < 1.29 is 0 Å². The van der Waals surface area contributed by atoms with Crippen molar-refractivity contribution in [3.8, 4) is 0 Å². The molecular weight excluding hydrogens is 283 g/mol. The van der Waals surface area contributed by atoms with Gasteiger partial charge in [-0.1, -0.05) is 71.2 Å². The predicted octanol–water partition coefficient (Wildman–Crippen LogP) is 4.59. The smallest absolute Gasteiger partial charge is 0.0147 e. The molecule has 1 aliphatic carbocycles. The van der Waals surface area contributed by atoms with Crippen LogP contribution in [0.15, 0.2) is 48.6 Å². The molecule has 0 aromatic rings. The summed E-state index contributed by atoms with van der Waals surface area (Å²) < 4.78 is 0.862. The molecule has 0 fully saturated rings. The van der Waals surface area contributed by atoms with E-state index in [1.807, 2.05) is 12.2 Å². The molecule has 1 aliphatic rings. The van der Waals surface area contributed by atoms with Gasteiger partial charge >= 0.3 is 0 Å². The highest BCUT2D eigenvalue weighted by atomic mass is 127. The van der Waals surface area contributed by atoms with Crippen LogP contribution >= 0.6 is 22.6 Å². The van der Waals surface area contributed by atoms with Crippen LogP contribution in [-0.2, 0) is 0 Å². The van der Waals surface area contributed by atoms with Crippen LogP contribution in [-0.4, -0.2) is 3.92 Å².